The average molecular weight is 700 g/mol. The minimum Gasteiger partial charge on any atom is -0.454 e. The number of nitrogens with zero attached hydrogens (tertiary/aromatic N) is 1. The average Bonchev–Trinajstić information content (AvgIpc) is 3.73. The Labute approximate surface area is 314 Å². The molecule has 2 nitrogen and oxygen atoms in total. The van der Waals surface area contributed by atoms with Crippen LogP contribution in [0.5, 0.6) is 0 Å². The van der Waals surface area contributed by atoms with Gasteiger partial charge in [-0.2, -0.15) is 0 Å². The Balaban J connectivity index is 1.09. The smallest absolute Gasteiger partial charge is 0.159 e. The molecule has 1 heterocycles. The topological polar surface area (TPSA) is 16.4 Å². The second-order valence-corrected chi connectivity index (χ2v) is 16.4. The summed E-state index contributed by atoms with van der Waals surface area (Å²) in [7, 11) is 0. The first-order valence-electron chi connectivity index (χ1n) is 18.5. The van der Waals surface area contributed by atoms with E-state index < -0.39 is 0 Å². The number of benzene rings is 8. The minimum atomic E-state index is -0.162. The first kappa shape index (κ1) is 30.8. The van der Waals surface area contributed by atoms with E-state index in [9.17, 15) is 0 Å². The van der Waals surface area contributed by atoms with Crippen molar-refractivity contribution in [3.63, 3.8) is 0 Å². The van der Waals surface area contributed by atoms with Gasteiger partial charge in [0.15, 0.2) is 5.58 Å². The molecule has 2 aliphatic rings. The maximum atomic E-state index is 6.58. The fourth-order valence-electron chi connectivity index (χ4n) is 9.48. The molecule has 9 aromatic rings. The van der Waals surface area contributed by atoms with Gasteiger partial charge in [0, 0.05) is 32.2 Å². The molecule has 0 saturated carbocycles. The number of furan rings is 1. The maximum Gasteiger partial charge on any atom is 0.159 e. The normalized spacial score (nSPS) is 14.8. The van der Waals surface area contributed by atoms with E-state index in [1.165, 1.54) is 66.1 Å². The molecule has 8 aromatic carbocycles. The van der Waals surface area contributed by atoms with E-state index in [0.717, 1.165) is 43.9 Å². The highest BCUT2D eigenvalue weighted by Gasteiger charge is 2.42. The molecular weight excluding hydrogens is 663 g/mol. The monoisotopic (exact) mass is 699 g/mol. The molecule has 1 aromatic heterocycles. The number of rotatable bonds is 3. The van der Waals surface area contributed by atoms with E-state index in [1.54, 1.807) is 0 Å². The van der Waals surface area contributed by atoms with Gasteiger partial charge in [0.25, 0.3) is 0 Å². The lowest BCUT2D eigenvalue weighted by Crippen LogP contribution is -2.17. The highest BCUT2D eigenvalue weighted by Crippen LogP contribution is 2.57. The Morgan fingerprint density at radius 3 is 1.70 bits per heavy atom. The largest absolute Gasteiger partial charge is 0.454 e. The summed E-state index contributed by atoms with van der Waals surface area (Å²) in [6, 6.07) is 53.4. The van der Waals surface area contributed by atoms with Crippen molar-refractivity contribution in [1.82, 2.24) is 0 Å². The molecule has 2 aliphatic carbocycles. The van der Waals surface area contributed by atoms with Gasteiger partial charge in [0.05, 0.1) is 11.4 Å². The van der Waals surface area contributed by atoms with Gasteiger partial charge < -0.3 is 9.32 Å². The van der Waals surface area contributed by atoms with E-state index >= 15 is 0 Å². The Morgan fingerprint density at radius 2 is 0.981 bits per heavy atom. The van der Waals surface area contributed by atoms with Crippen molar-refractivity contribution >= 4 is 73.2 Å². The number of hydrogen-bond donors (Lipinski definition) is 1. The van der Waals surface area contributed by atoms with Crippen LogP contribution in [0.15, 0.2) is 155 Å². The first-order valence-corrected chi connectivity index (χ1v) is 18.9. The van der Waals surface area contributed by atoms with E-state index in [1.807, 2.05) is 18.2 Å². The van der Waals surface area contributed by atoms with E-state index in [0.29, 0.717) is 0 Å². The van der Waals surface area contributed by atoms with Gasteiger partial charge in [-0.15, -0.1) is 12.6 Å². The summed E-state index contributed by atoms with van der Waals surface area (Å²) in [5.41, 5.74) is 15.6. The van der Waals surface area contributed by atoms with Crippen molar-refractivity contribution in [2.75, 3.05) is 4.90 Å². The van der Waals surface area contributed by atoms with Crippen LogP contribution < -0.4 is 4.90 Å². The van der Waals surface area contributed by atoms with Gasteiger partial charge in [-0.1, -0.05) is 100 Å². The third-order valence-corrected chi connectivity index (χ3v) is 12.7. The Kier molecular flexibility index (Phi) is 6.19. The fraction of sp³-hybridized carbons (Fsp3) is 0.120. The zero-order valence-electron chi connectivity index (χ0n) is 30.2. The molecule has 0 N–H and O–H groups in total. The summed E-state index contributed by atoms with van der Waals surface area (Å²) in [5.74, 6) is 0. The van der Waals surface area contributed by atoms with Crippen molar-refractivity contribution in [3.8, 4) is 22.3 Å². The van der Waals surface area contributed by atoms with Gasteiger partial charge in [0.2, 0.25) is 0 Å². The number of hydrogen-bond acceptors (Lipinski definition) is 3. The molecular formula is C50H37NOS. The van der Waals surface area contributed by atoms with Crippen LogP contribution in [0.3, 0.4) is 0 Å². The summed E-state index contributed by atoms with van der Waals surface area (Å²) in [6.45, 7) is 9.57. The van der Waals surface area contributed by atoms with Crippen molar-refractivity contribution in [2.45, 2.75) is 43.4 Å². The second-order valence-electron chi connectivity index (χ2n) is 15.9. The lowest BCUT2D eigenvalue weighted by molar-refractivity contribution is 0.653. The standard InChI is InChI=1S/C50H37NOS/c1-49(2)40-25-30-13-6-5-12-29(30)23-36(40)38-27-43-39(28-42(38)49)37-24-31-20-21-33(22-32(31)26-41(37)50(43,3)4)51(44-16-8-10-19-47(44)53)45-17-11-15-35-34-14-7-9-18-46(34)52-48(35)45/h5-28,53H,1-4H3. The van der Waals surface area contributed by atoms with Crippen LogP contribution >= 0.6 is 12.6 Å². The van der Waals surface area contributed by atoms with Crippen molar-refractivity contribution in [3.05, 3.63) is 168 Å². The predicted octanol–water partition coefficient (Wildman–Crippen LogP) is 14.3. The lowest BCUT2D eigenvalue weighted by Gasteiger charge is -2.27. The second kappa shape index (κ2) is 10.7. The van der Waals surface area contributed by atoms with Crippen LogP contribution in [0.25, 0.3) is 65.7 Å². The Bertz CT molecular complexity index is 3040. The molecule has 11 rings (SSSR count). The number of thiol groups is 1. The number of para-hydroxylation sites is 3. The summed E-state index contributed by atoms with van der Waals surface area (Å²) in [4.78, 5) is 3.20. The molecule has 0 unspecified atom stereocenters. The van der Waals surface area contributed by atoms with Crippen LogP contribution in [-0.2, 0) is 10.8 Å². The van der Waals surface area contributed by atoms with Crippen molar-refractivity contribution < 1.29 is 4.42 Å². The molecule has 0 aliphatic heterocycles. The Morgan fingerprint density at radius 1 is 0.453 bits per heavy atom. The molecule has 3 heteroatoms. The molecule has 254 valence electrons. The third-order valence-electron chi connectivity index (χ3n) is 12.3. The molecule has 0 amide bonds. The van der Waals surface area contributed by atoms with Crippen LogP contribution in [0.1, 0.15) is 49.9 Å². The predicted molar refractivity (Wildman–Crippen MR) is 226 cm³/mol. The molecule has 53 heavy (non-hydrogen) atoms. The van der Waals surface area contributed by atoms with Gasteiger partial charge in [-0.25, -0.2) is 0 Å². The van der Waals surface area contributed by atoms with Crippen LogP contribution in [0.2, 0.25) is 0 Å². The zero-order chi connectivity index (χ0) is 35.8. The first-order chi connectivity index (χ1) is 25.7. The molecule has 0 bridgehead atoms. The third kappa shape index (κ3) is 4.23. The van der Waals surface area contributed by atoms with Gasteiger partial charge in [-0.3, -0.25) is 0 Å². The Hall–Kier alpha value is -5.77. The quantitative estimate of drug-likeness (QED) is 0.185. The highest BCUT2D eigenvalue weighted by atomic mass is 32.1. The van der Waals surface area contributed by atoms with Crippen molar-refractivity contribution in [1.29, 1.82) is 0 Å². The van der Waals surface area contributed by atoms with Crippen LogP contribution in [0, 0.1) is 0 Å². The SMILES string of the molecule is CC1(C)c2cc3c(cc2-c2cc4ccccc4cc21)C(C)(C)c1cc2cc(N(c4ccccc4S)c4cccc5c4oc4ccccc45)ccc2cc1-3. The van der Waals surface area contributed by atoms with Gasteiger partial charge in [-0.05, 0) is 139 Å². The molecule has 0 atom stereocenters. The van der Waals surface area contributed by atoms with Crippen LogP contribution in [0.4, 0.5) is 17.1 Å². The maximum absolute atomic E-state index is 6.58. The molecule has 0 spiro atoms. The van der Waals surface area contributed by atoms with Crippen molar-refractivity contribution in [2.24, 2.45) is 0 Å². The van der Waals surface area contributed by atoms with E-state index in [-0.39, 0.29) is 10.8 Å². The van der Waals surface area contributed by atoms with E-state index in [2.05, 4.69) is 160 Å². The fourth-order valence-corrected chi connectivity index (χ4v) is 9.74. The summed E-state index contributed by atoms with van der Waals surface area (Å²) >= 11 is 4.96. The number of anilines is 3. The van der Waals surface area contributed by atoms with Gasteiger partial charge >= 0.3 is 0 Å². The van der Waals surface area contributed by atoms with Gasteiger partial charge in [0.1, 0.15) is 5.58 Å². The molecule has 0 radical (unpaired) electrons. The lowest BCUT2D eigenvalue weighted by atomic mass is 9.79. The zero-order valence-corrected chi connectivity index (χ0v) is 31.1. The minimum absolute atomic E-state index is 0.0855. The highest BCUT2D eigenvalue weighted by molar-refractivity contribution is 7.80. The van der Waals surface area contributed by atoms with E-state index in [4.69, 9.17) is 17.0 Å². The summed E-state index contributed by atoms with van der Waals surface area (Å²) in [6.07, 6.45) is 0. The summed E-state index contributed by atoms with van der Waals surface area (Å²) in [5, 5.41) is 7.26. The summed E-state index contributed by atoms with van der Waals surface area (Å²) < 4.78 is 6.58. The van der Waals surface area contributed by atoms with Crippen LogP contribution in [-0.4, -0.2) is 0 Å². The molecule has 0 fully saturated rings. The number of fused-ring (bicyclic) bond motifs is 11. The molecule has 0 saturated heterocycles.